The van der Waals surface area contributed by atoms with E-state index in [4.69, 9.17) is 18.0 Å². The largest absolute Gasteiger partial charge is 0.372 e. The third kappa shape index (κ3) is 3.01. The minimum atomic E-state index is -0.422. The van der Waals surface area contributed by atoms with Gasteiger partial charge in [0.25, 0.3) is 0 Å². The number of benzene rings is 1. The lowest BCUT2D eigenvalue weighted by atomic mass is 10.1. The number of carbonyl (C=O) groups excluding carboxylic acids is 1. The van der Waals surface area contributed by atoms with Crippen LogP contribution >= 0.6 is 11.6 Å². The number of halogens is 1. The van der Waals surface area contributed by atoms with Gasteiger partial charge >= 0.3 is 0 Å². The molecule has 0 spiro atoms. The van der Waals surface area contributed by atoms with E-state index < -0.39 is 6.04 Å². The second-order valence-corrected chi connectivity index (χ2v) is 4.69. The highest BCUT2D eigenvalue weighted by Crippen LogP contribution is 2.28. The van der Waals surface area contributed by atoms with Gasteiger partial charge in [-0.3, -0.25) is 9.78 Å². The molecule has 2 rings (SSSR count). The van der Waals surface area contributed by atoms with Crippen molar-refractivity contribution < 1.29 is 4.79 Å². The van der Waals surface area contributed by atoms with Gasteiger partial charge in [0.1, 0.15) is 6.04 Å². The number of terminal acetylenes is 1. The maximum atomic E-state index is 11.8. The fraction of sp³-hybridized carbons (Fsp3) is 0.200. The zero-order valence-corrected chi connectivity index (χ0v) is 11.7. The van der Waals surface area contributed by atoms with Gasteiger partial charge in [-0.05, 0) is 31.2 Å². The Morgan fingerprint density at radius 2 is 2.30 bits per heavy atom. The molecule has 102 valence electrons. The Labute approximate surface area is 122 Å². The van der Waals surface area contributed by atoms with Crippen LogP contribution in [0.3, 0.4) is 0 Å². The Hall–Kier alpha value is -2.25. The quantitative estimate of drug-likeness (QED) is 0.849. The molecule has 20 heavy (non-hydrogen) atoms. The average Bonchev–Trinajstić information content (AvgIpc) is 2.47. The van der Waals surface area contributed by atoms with E-state index in [1.165, 1.54) is 0 Å². The van der Waals surface area contributed by atoms with E-state index in [1.807, 2.05) is 18.2 Å². The van der Waals surface area contributed by atoms with Crippen LogP contribution in [-0.2, 0) is 4.79 Å². The first-order chi connectivity index (χ1) is 9.63. The van der Waals surface area contributed by atoms with Gasteiger partial charge in [0, 0.05) is 11.6 Å². The van der Waals surface area contributed by atoms with Gasteiger partial charge in [-0.1, -0.05) is 17.5 Å². The fourth-order valence-electron chi connectivity index (χ4n) is 1.84. The second-order valence-electron chi connectivity index (χ2n) is 4.28. The standard InChI is InChI=1S/C15H14ClN3O/c1-3-8-18-15(20)10(2)19-13-7-6-12(16)11-5-4-9-17-14(11)13/h1,4-7,9-10,19H,8H2,2H3,(H,18,20). The van der Waals surface area contributed by atoms with Crippen molar-refractivity contribution in [2.75, 3.05) is 11.9 Å². The Balaban J connectivity index is 2.24. The molecule has 1 atom stereocenters. The fourth-order valence-corrected chi connectivity index (χ4v) is 2.06. The molecule has 0 aliphatic heterocycles. The lowest BCUT2D eigenvalue weighted by Crippen LogP contribution is -2.37. The molecule has 0 aliphatic carbocycles. The molecule has 0 radical (unpaired) electrons. The first-order valence-electron chi connectivity index (χ1n) is 6.14. The summed E-state index contributed by atoms with van der Waals surface area (Å²) in [6, 6.07) is 6.87. The molecule has 0 aliphatic rings. The van der Waals surface area contributed by atoms with Crippen LogP contribution < -0.4 is 10.6 Å². The van der Waals surface area contributed by atoms with Crippen LogP contribution in [-0.4, -0.2) is 23.5 Å². The molecule has 0 saturated carbocycles. The van der Waals surface area contributed by atoms with Gasteiger partial charge in [-0.2, -0.15) is 0 Å². The number of aromatic nitrogens is 1. The summed E-state index contributed by atoms with van der Waals surface area (Å²) in [6.45, 7) is 1.97. The number of fused-ring (bicyclic) bond motifs is 1. The molecule has 2 N–H and O–H groups in total. The van der Waals surface area contributed by atoms with Crippen molar-refractivity contribution in [2.24, 2.45) is 0 Å². The number of rotatable bonds is 4. The van der Waals surface area contributed by atoms with E-state index in [-0.39, 0.29) is 12.5 Å². The number of hydrogen-bond donors (Lipinski definition) is 2. The van der Waals surface area contributed by atoms with Crippen molar-refractivity contribution in [1.29, 1.82) is 0 Å². The van der Waals surface area contributed by atoms with Crippen LogP contribution in [0, 0.1) is 12.3 Å². The molecule has 0 saturated heterocycles. The lowest BCUT2D eigenvalue weighted by Gasteiger charge is -2.16. The van der Waals surface area contributed by atoms with E-state index in [0.717, 1.165) is 16.6 Å². The van der Waals surface area contributed by atoms with Crippen LogP contribution in [0.25, 0.3) is 10.9 Å². The van der Waals surface area contributed by atoms with Crippen LogP contribution in [0.5, 0.6) is 0 Å². The Morgan fingerprint density at radius 1 is 1.50 bits per heavy atom. The zero-order valence-electron chi connectivity index (χ0n) is 11.0. The smallest absolute Gasteiger partial charge is 0.242 e. The zero-order chi connectivity index (χ0) is 14.5. The molecule has 5 heteroatoms. The summed E-state index contributed by atoms with van der Waals surface area (Å²) in [5.74, 6) is 2.20. The molecular formula is C15H14ClN3O. The molecular weight excluding hydrogens is 274 g/mol. The first-order valence-corrected chi connectivity index (χ1v) is 6.52. The summed E-state index contributed by atoms with van der Waals surface area (Å²) in [5, 5.41) is 7.22. The molecule has 2 aromatic rings. The molecule has 1 unspecified atom stereocenters. The summed E-state index contributed by atoms with van der Waals surface area (Å²) in [7, 11) is 0. The maximum absolute atomic E-state index is 11.8. The number of pyridine rings is 1. The Bertz CT molecular complexity index is 678. The third-order valence-electron chi connectivity index (χ3n) is 2.85. The summed E-state index contributed by atoms with van der Waals surface area (Å²) in [4.78, 5) is 16.1. The van der Waals surface area contributed by atoms with Gasteiger partial charge in [0.05, 0.1) is 22.8 Å². The summed E-state index contributed by atoms with van der Waals surface area (Å²) < 4.78 is 0. The number of carbonyl (C=O) groups is 1. The normalized spacial score (nSPS) is 11.7. The molecule has 1 aromatic heterocycles. The molecule has 1 aromatic carbocycles. The van der Waals surface area contributed by atoms with E-state index in [0.29, 0.717) is 5.02 Å². The predicted octanol–water partition coefficient (Wildman–Crippen LogP) is 2.44. The minimum Gasteiger partial charge on any atom is -0.372 e. The molecule has 1 amide bonds. The summed E-state index contributed by atoms with van der Waals surface area (Å²) >= 11 is 6.13. The molecule has 4 nitrogen and oxygen atoms in total. The lowest BCUT2D eigenvalue weighted by molar-refractivity contribution is -0.121. The molecule has 0 bridgehead atoms. The van der Waals surface area contributed by atoms with Crippen molar-refractivity contribution in [2.45, 2.75) is 13.0 Å². The van der Waals surface area contributed by atoms with Crippen molar-refractivity contribution in [3.05, 3.63) is 35.5 Å². The number of nitrogens with zero attached hydrogens (tertiary/aromatic N) is 1. The maximum Gasteiger partial charge on any atom is 0.242 e. The summed E-state index contributed by atoms with van der Waals surface area (Å²) in [5.41, 5.74) is 1.49. The van der Waals surface area contributed by atoms with Crippen molar-refractivity contribution in [3.8, 4) is 12.3 Å². The highest BCUT2D eigenvalue weighted by atomic mass is 35.5. The van der Waals surface area contributed by atoms with E-state index >= 15 is 0 Å². The van der Waals surface area contributed by atoms with E-state index in [9.17, 15) is 4.79 Å². The topological polar surface area (TPSA) is 54.0 Å². The van der Waals surface area contributed by atoms with Crippen LogP contribution in [0.2, 0.25) is 5.02 Å². The van der Waals surface area contributed by atoms with Crippen molar-refractivity contribution in [1.82, 2.24) is 10.3 Å². The summed E-state index contributed by atoms with van der Waals surface area (Å²) in [6.07, 6.45) is 6.80. The monoisotopic (exact) mass is 287 g/mol. The second kappa shape index (κ2) is 6.27. The SMILES string of the molecule is C#CCNC(=O)C(C)Nc1ccc(Cl)c2cccnc12. The number of nitrogens with one attached hydrogen (secondary N) is 2. The van der Waals surface area contributed by atoms with Crippen molar-refractivity contribution >= 4 is 34.1 Å². The highest BCUT2D eigenvalue weighted by molar-refractivity contribution is 6.35. The van der Waals surface area contributed by atoms with Crippen molar-refractivity contribution in [3.63, 3.8) is 0 Å². The minimum absolute atomic E-state index is 0.165. The van der Waals surface area contributed by atoms with Gasteiger partial charge in [0.15, 0.2) is 0 Å². The third-order valence-corrected chi connectivity index (χ3v) is 3.18. The van der Waals surface area contributed by atoms with Gasteiger partial charge in [-0.15, -0.1) is 6.42 Å². The average molecular weight is 288 g/mol. The van der Waals surface area contributed by atoms with E-state index in [2.05, 4.69) is 21.5 Å². The predicted molar refractivity (Wildman–Crippen MR) is 81.7 cm³/mol. The Kier molecular flexibility index (Phi) is 4.44. The molecule has 1 heterocycles. The van der Waals surface area contributed by atoms with Gasteiger partial charge < -0.3 is 10.6 Å². The van der Waals surface area contributed by atoms with Gasteiger partial charge in [0.2, 0.25) is 5.91 Å². The van der Waals surface area contributed by atoms with Crippen LogP contribution in [0.15, 0.2) is 30.5 Å². The number of amides is 1. The first kappa shape index (κ1) is 14.2. The van der Waals surface area contributed by atoms with Crippen LogP contribution in [0.4, 0.5) is 5.69 Å². The highest BCUT2D eigenvalue weighted by Gasteiger charge is 2.14. The molecule has 0 fully saturated rings. The number of anilines is 1. The van der Waals surface area contributed by atoms with E-state index in [1.54, 1.807) is 19.2 Å². The van der Waals surface area contributed by atoms with Gasteiger partial charge in [-0.25, -0.2) is 0 Å². The van der Waals surface area contributed by atoms with Crippen LogP contribution in [0.1, 0.15) is 6.92 Å². The number of hydrogen-bond acceptors (Lipinski definition) is 3. The Morgan fingerprint density at radius 3 is 3.05 bits per heavy atom.